The normalized spacial score (nSPS) is 15.5. The van der Waals surface area contributed by atoms with Gasteiger partial charge in [-0.2, -0.15) is 0 Å². The van der Waals surface area contributed by atoms with Crippen LogP contribution in [0.1, 0.15) is 11.3 Å². The Morgan fingerprint density at radius 2 is 2.53 bits per heavy atom. The molecule has 0 amide bonds. The number of pyridine rings is 1. The number of carboxylic acids is 1. The average Bonchev–Trinajstić information content (AvgIpc) is 2.64. The molecular formula is C10H12N2O3. The van der Waals surface area contributed by atoms with Gasteiger partial charge in [0.2, 0.25) is 0 Å². The summed E-state index contributed by atoms with van der Waals surface area (Å²) in [5, 5.41) is 8.66. The standard InChI is InChI=1S/C10H12N2O3/c11-8(10(13)14)4-7-3-6-1-2-15-9(6)5-12-7/h3,5,8H,1-2,4,11H2,(H,13,14). The SMILES string of the molecule is NC(Cc1cc2c(cn1)OCC2)C(=O)O. The molecular weight excluding hydrogens is 196 g/mol. The minimum absolute atomic E-state index is 0.253. The number of carbonyl (C=O) groups is 1. The number of nitrogens with two attached hydrogens (primary N) is 1. The number of nitrogens with zero attached hydrogens (tertiary/aromatic N) is 1. The monoisotopic (exact) mass is 208 g/mol. The largest absolute Gasteiger partial charge is 0.491 e. The third-order valence-corrected chi connectivity index (χ3v) is 2.38. The Morgan fingerprint density at radius 1 is 1.73 bits per heavy atom. The molecule has 1 aliphatic rings. The van der Waals surface area contributed by atoms with Crippen LogP contribution in [0, 0.1) is 0 Å². The van der Waals surface area contributed by atoms with Gasteiger partial charge in [-0.05, 0) is 6.07 Å². The minimum Gasteiger partial charge on any atom is -0.491 e. The minimum atomic E-state index is -1.01. The molecule has 5 heteroatoms. The lowest BCUT2D eigenvalue weighted by molar-refractivity contribution is -0.138. The summed E-state index contributed by atoms with van der Waals surface area (Å²) in [6.45, 7) is 0.672. The summed E-state index contributed by atoms with van der Waals surface area (Å²) in [6, 6.07) is 0.975. The third kappa shape index (κ3) is 2.07. The zero-order valence-electron chi connectivity index (χ0n) is 8.14. The van der Waals surface area contributed by atoms with Crippen molar-refractivity contribution in [2.45, 2.75) is 18.9 Å². The first kappa shape index (κ1) is 9.92. The highest BCUT2D eigenvalue weighted by molar-refractivity contribution is 5.73. The van der Waals surface area contributed by atoms with E-state index in [-0.39, 0.29) is 6.42 Å². The molecule has 0 aliphatic carbocycles. The molecule has 2 heterocycles. The van der Waals surface area contributed by atoms with Gasteiger partial charge >= 0.3 is 5.97 Å². The van der Waals surface area contributed by atoms with Gasteiger partial charge in [0.15, 0.2) is 0 Å². The Bertz CT molecular complexity index is 392. The molecule has 0 bridgehead atoms. The molecule has 0 saturated heterocycles. The Labute approximate surface area is 86.9 Å². The highest BCUT2D eigenvalue weighted by Gasteiger charge is 2.16. The van der Waals surface area contributed by atoms with Gasteiger partial charge in [0.25, 0.3) is 0 Å². The predicted octanol–water partition coefficient (Wildman–Crippen LogP) is -0.0291. The number of fused-ring (bicyclic) bond motifs is 1. The fourth-order valence-corrected chi connectivity index (χ4v) is 1.55. The smallest absolute Gasteiger partial charge is 0.320 e. The summed E-state index contributed by atoms with van der Waals surface area (Å²) in [5.74, 6) is -0.212. The van der Waals surface area contributed by atoms with E-state index in [9.17, 15) is 4.79 Å². The molecule has 15 heavy (non-hydrogen) atoms. The molecule has 5 nitrogen and oxygen atoms in total. The number of aromatic nitrogens is 1. The second kappa shape index (κ2) is 3.86. The molecule has 0 radical (unpaired) electrons. The van der Waals surface area contributed by atoms with Crippen molar-refractivity contribution in [1.29, 1.82) is 0 Å². The Kier molecular flexibility index (Phi) is 2.55. The van der Waals surface area contributed by atoms with Crippen molar-refractivity contribution >= 4 is 5.97 Å². The van der Waals surface area contributed by atoms with E-state index in [1.54, 1.807) is 6.20 Å². The second-order valence-corrected chi connectivity index (χ2v) is 3.53. The zero-order valence-corrected chi connectivity index (χ0v) is 8.14. The van der Waals surface area contributed by atoms with Crippen molar-refractivity contribution in [3.63, 3.8) is 0 Å². The summed E-state index contributed by atoms with van der Waals surface area (Å²) >= 11 is 0. The van der Waals surface area contributed by atoms with E-state index in [1.807, 2.05) is 6.07 Å². The van der Waals surface area contributed by atoms with Crippen LogP contribution in [0.15, 0.2) is 12.3 Å². The van der Waals surface area contributed by atoms with Crippen molar-refractivity contribution in [1.82, 2.24) is 4.98 Å². The van der Waals surface area contributed by atoms with E-state index in [0.717, 1.165) is 17.7 Å². The zero-order chi connectivity index (χ0) is 10.8. The summed E-state index contributed by atoms with van der Waals surface area (Å²) in [4.78, 5) is 14.7. The molecule has 1 unspecified atom stereocenters. The van der Waals surface area contributed by atoms with Crippen LogP contribution in [0.5, 0.6) is 5.75 Å². The highest BCUT2D eigenvalue weighted by Crippen LogP contribution is 2.24. The topological polar surface area (TPSA) is 85.4 Å². The van der Waals surface area contributed by atoms with E-state index < -0.39 is 12.0 Å². The lowest BCUT2D eigenvalue weighted by Gasteiger charge is -2.06. The van der Waals surface area contributed by atoms with Gasteiger partial charge in [0.05, 0.1) is 12.8 Å². The summed E-state index contributed by atoms with van der Waals surface area (Å²) in [7, 11) is 0. The Hall–Kier alpha value is -1.62. The fourth-order valence-electron chi connectivity index (χ4n) is 1.55. The first-order valence-corrected chi connectivity index (χ1v) is 4.76. The molecule has 1 aromatic rings. The predicted molar refractivity (Wildman–Crippen MR) is 52.8 cm³/mol. The van der Waals surface area contributed by atoms with Crippen LogP contribution < -0.4 is 10.5 Å². The van der Waals surface area contributed by atoms with E-state index in [2.05, 4.69) is 4.98 Å². The maximum absolute atomic E-state index is 10.6. The Balaban J connectivity index is 2.13. The number of aliphatic carboxylic acids is 1. The van der Waals surface area contributed by atoms with Gasteiger partial charge in [-0.3, -0.25) is 9.78 Å². The summed E-state index contributed by atoms with van der Waals surface area (Å²) < 4.78 is 5.30. The lowest BCUT2D eigenvalue weighted by Crippen LogP contribution is -2.32. The first-order chi connectivity index (χ1) is 7.16. The van der Waals surface area contributed by atoms with Crippen LogP contribution in [-0.2, 0) is 17.6 Å². The van der Waals surface area contributed by atoms with Gasteiger partial charge < -0.3 is 15.6 Å². The highest BCUT2D eigenvalue weighted by atomic mass is 16.5. The van der Waals surface area contributed by atoms with Gasteiger partial charge in [-0.1, -0.05) is 0 Å². The van der Waals surface area contributed by atoms with Gasteiger partial charge in [0.1, 0.15) is 11.8 Å². The molecule has 1 atom stereocenters. The van der Waals surface area contributed by atoms with E-state index in [0.29, 0.717) is 12.3 Å². The summed E-state index contributed by atoms with van der Waals surface area (Å²) in [5.41, 5.74) is 7.21. The van der Waals surface area contributed by atoms with Crippen molar-refractivity contribution in [3.05, 3.63) is 23.5 Å². The van der Waals surface area contributed by atoms with Crippen molar-refractivity contribution in [3.8, 4) is 5.75 Å². The average molecular weight is 208 g/mol. The van der Waals surface area contributed by atoms with Crippen LogP contribution in [0.4, 0.5) is 0 Å². The number of rotatable bonds is 3. The van der Waals surface area contributed by atoms with E-state index in [4.69, 9.17) is 15.6 Å². The maximum atomic E-state index is 10.6. The molecule has 1 aromatic heterocycles. The number of hydrogen-bond donors (Lipinski definition) is 2. The number of hydrogen-bond acceptors (Lipinski definition) is 4. The molecule has 2 rings (SSSR count). The maximum Gasteiger partial charge on any atom is 0.320 e. The third-order valence-electron chi connectivity index (χ3n) is 2.38. The van der Waals surface area contributed by atoms with E-state index >= 15 is 0 Å². The van der Waals surface area contributed by atoms with Gasteiger partial charge in [-0.25, -0.2) is 0 Å². The lowest BCUT2D eigenvalue weighted by atomic mass is 10.1. The molecule has 0 spiro atoms. The number of carboxylic acid groups (broad SMARTS) is 1. The Morgan fingerprint density at radius 3 is 3.27 bits per heavy atom. The van der Waals surface area contributed by atoms with Crippen LogP contribution in [0.25, 0.3) is 0 Å². The van der Waals surface area contributed by atoms with Gasteiger partial charge in [0, 0.05) is 24.1 Å². The van der Waals surface area contributed by atoms with Crippen LogP contribution in [0.2, 0.25) is 0 Å². The van der Waals surface area contributed by atoms with Gasteiger partial charge in [-0.15, -0.1) is 0 Å². The van der Waals surface area contributed by atoms with Crippen LogP contribution in [-0.4, -0.2) is 28.7 Å². The quantitative estimate of drug-likeness (QED) is 0.728. The molecule has 1 aliphatic heterocycles. The van der Waals surface area contributed by atoms with Crippen molar-refractivity contribution in [2.75, 3.05) is 6.61 Å². The molecule has 3 N–H and O–H groups in total. The summed E-state index contributed by atoms with van der Waals surface area (Å²) in [6.07, 6.45) is 2.74. The van der Waals surface area contributed by atoms with Crippen LogP contribution >= 0.6 is 0 Å². The van der Waals surface area contributed by atoms with Crippen molar-refractivity contribution in [2.24, 2.45) is 5.73 Å². The van der Waals surface area contributed by atoms with E-state index in [1.165, 1.54) is 0 Å². The first-order valence-electron chi connectivity index (χ1n) is 4.76. The number of ether oxygens (including phenoxy) is 1. The second-order valence-electron chi connectivity index (χ2n) is 3.53. The molecule has 0 aromatic carbocycles. The fraction of sp³-hybridized carbons (Fsp3) is 0.400. The molecule has 0 saturated carbocycles. The van der Waals surface area contributed by atoms with Crippen molar-refractivity contribution < 1.29 is 14.6 Å². The molecule has 80 valence electrons. The molecule has 0 fully saturated rings. The van der Waals surface area contributed by atoms with Crippen LogP contribution in [0.3, 0.4) is 0 Å².